The Hall–Kier alpha value is -2.15. The van der Waals surface area contributed by atoms with Gasteiger partial charge in [0.25, 0.3) is 0 Å². The number of rotatable bonds is 7. The van der Waals surface area contributed by atoms with E-state index >= 15 is 0 Å². The molecule has 0 aromatic heterocycles. The van der Waals surface area contributed by atoms with Gasteiger partial charge in [-0.15, -0.1) is 0 Å². The van der Waals surface area contributed by atoms with Crippen LogP contribution in [0, 0.1) is 39.4 Å². The first-order valence-corrected chi connectivity index (χ1v) is 15.6. The number of aliphatic hydroxyl groups is 1. The second kappa shape index (κ2) is 10.8. The van der Waals surface area contributed by atoms with Crippen molar-refractivity contribution in [1.29, 1.82) is 0 Å². The first-order valence-electron chi connectivity index (χ1n) is 15.6. The van der Waals surface area contributed by atoms with Crippen molar-refractivity contribution in [2.75, 3.05) is 0 Å². The van der Waals surface area contributed by atoms with Crippen molar-refractivity contribution in [2.24, 2.45) is 39.4 Å². The van der Waals surface area contributed by atoms with Crippen LogP contribution in [0.1, 0.15) is 114 Å². The molecule has 0 spiro atoms. The zero-order valence-electron chi connectivity index (χ0n) is 26.6. The average Bonchev–Trinajstić information content (AvgIpc) is 3.14. The third-order valence-electron chi connectivity index (χ3n) is 12.6. The van der Waals surface area contributed by atoms with Crippen LogP contribution in [0.3, 0.4) is 0 Å². The van der Waals surface area contributed by atoms with Crippen LogP contribution in [0.25, 0.3) is 0 Å². The molecule has 4 aliphatic carbocycles. The van der Waals surface area contributed by atoms with Crippen molar-refractivity contribution in [3.8, 4) is 0 Å². The van der Waals surface area contributed by atoms with Gasteiger partial charge in [-0.05, 0) is 91.4 Å². The summed E-state index contributed by atoms with van der Waals surface area (Å²) in [7, 11) is 0. The molecule has 0 aliphatic heterocycles. The monoisotopic (exact) mass is 572 g/mol. The zero-order valence-corrected chi connectivity index (χ0v) is 26.6. The van der Waals surface area contributed by atoms with Crippen molar-refractivity contribution in [3.63, 3.8) is 0 Å². The number of allylic oxidation sites excluding steroid dienone is 1. The molecule has 0 bridgehead atoms. The van der Waals surface area contributed by atoms with Crippen LogP contribution in [-0.4, -0.2) is 46.4 Å². The maximum absolute atomic E-state index is 12.1. The molecular formula is C34H52O7. The van der Waals surface area contributed by atoms with Crippen molar-refractivity contribution in [1.82, 2.24) is 0 Å². The summed E-state index contributed by atoms with van der Waals surface area (Å²) < 4.78 is 11.6. The molecule has 9 atom stereocenters. The fraction of sp³-hybridized carbons (Fsp3) is 0.794. The van der Waals surface area contributed by atoms with Gasteiger partial charge in [0.05, 0.1) is 6.10 Å². The van der Waals surface area contributed by atoms with Crippen molar-refractivity contribution in [3.05, 3.63) is 22.8 Å². The highest BCUT2D eigenvalue weighted by Gasteiger charge is 2.65. The summed E-state index contributed by atoms with van der Waals surface area (Å²) >= 11 is 0. The van der Waals surface area contributed by atoms with E-state index in [4.69, 9.17) is 9.47 Å². The number of ether oxygens (including phenoxy) is 2. The number of carbonyl (C=O) groups is 3. The largest absolute Gasteiger partial charge is 0.478 e. The molecule has 4 rings (SSSR count). The summed E-state index contributed by atoms with van der Waals surface area (Å²) in [4.78, 5) is 35.4. The van der Waals surface area contributed by atoms with E-state index in [9.17, 15) is 24.6 Å². The highest BCUT2D eigenvalue weighted by atomic mass is 16.5. The molecule has 2 fully saturated rings. The van der Waals surface area contributed by atoms with Crippen molar-refractivity contribution >= 4 is 17.9 Å². The van der Waals surface area contributed by atoms with Gasteiger partial charge in [0.1, 0.15) is 12.2 Å². The fourth-order valence-electron chi connectivity index (χ4n) is 10.1. The third kappa shape index (κ3) is 5.08. The van der Waals surface area contributed by atoms with Crippen LogP contribution in [0.5, 0.6) is 0 Å². The minimum atomic E-state index is -0.963. The number of aliphatic carboxylic acids is 1. The number of aliphatic hydroxyl groups excluding tert-OH is 1. The van der Waals surface area contributed by atoms with Gasteiger partial charge in [0.2, 0.25) is 0 Å². The minimum absolute atomic E-state index is 0.0351. The smallest absolute Gasteiger partial charge is 0.330 e. The molecule has 230 valence electrons. The topological polar surface area (TPSA) is 110 Å². The lowest BCUT2D eigenvalue weighted by Gasteiger charge is -2.63. The number of hydrogen-bond acceptors (Lipinski definition) is 6. The van der Waals surface area contributed by atoms with Gasteiger partial charge in [-0.25, -0.2) is 4.79 Å². The van der Waals surface area contributed by atoms with E-state index in [1.165, 1.54) is 25.0 Å². The Morgan fingerprint density at radius 1 is 1.00 bits per heavy atom. The second-order valence-electron chi connectivity index (χ2n) is 14.9. The molecular weight excluding hydrogens is 520 g/mol. The van der Waals surface area contributed by atoms with Crippen LogP contribution in [0.4, 0.5) is 0 Å². The lowest BCUT2D eigenvalue weighted by atomic mass is 9.42. The SMILES string of the molecule is CC(=O)OC(CC=C(C)C(=O)O)C(C)C1CCC2(C)C3=C(CCC12C)C1(C)CCC(OC(C)=O)C(C)(C)C1CC3O. The Morgan fingerprint density at radius 2 is 1.66 bits per heavy atom. The van der Waals surface area contributed by atoms with Crippen molar-refractivity contribution < 1.29 is 34.1 Å². The lowest BCUT2D eigenvalue weighted by molar-refractivity contribution is -0.169. The van der Waals surface area contributed by atoms with E-state index in [1.54, 1.807) is 13.0 Å². The summed E-state index contributed by atoms with van der Waals surface area (Å²) in [6, 6.07) is 0. The van der Waals surface area contributed by atoms with Crippen molar-refractivity contribution in [2.45, 2.75) is 132 Å². The Morgan fingerprint density at radius 3 is 2.24 bits per heavy atom. The maximum Gasteiger partial charge on any atom is 0.330 e. The molecule has 4 aliphatic rings. The standard InChI is InChI=1S/C34H52O7/c1-19(30(38)39)10-11-26(40-21(3)35)20(2)23-12-17-34(9)29-24(13-16-33(23,34)8)32(7)15-14-28(41-22(4)36)31(5,6)27(32)18-25(29)37/h10,20,23,25-28,37H,11-18H2,1-9H3,(H,38,39). The number of esters is 2. The second-order valence-corrected chi connectivity index (χ2v) is 14.9. The van der Waals surface area contributed by atoms with Crippen LogP contribution >= 0.6 is 0 Å². The Balaban J connectivity index is 1.69. The Labute approximate surface area is 246 Å². The van der Waals surface area contributed by atoms with Gasteiger partial charge < -0.3 is 19.7 Å². The first-order chi connectivity index (χ1) is 18.9. The van der Waals surface area contributed by atoms with E-state index < -0.39 is 18.2 Å². The van der Waals surface area contributed by atoms with Gasteiger partial charge in [-0.2, -0.15) is 0 Å². The van der Waals surface area contributed by atoms with Crippen LogP contribution in [0.15, 0.2) is 22.8 Å². The molecule has 2 saturated carbocycles. The highest BCUT2D eigenvalue weighted by molar-refractivity contribution is 5.85. The van der Waals surface area contributed by atoms with E-state index in [-0.39, 0.29) is 63.0 Å². The molecule has 7 heteroatoms. The van der Waals surface area contributed by atoms with Crippen LogP contribution < -0.4 is 0 Å². The molecule has 0 aromatic rings. The van der Waals surface area contributed by atoms with Gasteiger partial charge in [0, 0.05) is 31.3 Å². The summed E-state index contributed by atoms with van der Waals surface area (Å²) in [5.41, 5.74) is 2.35. The molecule has 0 radical (unpaired) electrons. The highest BCUT2D eigenvalue weighted by Crippen LogP contribution is 2.72. The summed E-state index contributed by atoms with van der Waals surface area (Å²) in [5, 5.41) is 21.3. The Bertz CT molecular complexity index is 1150. The third-order valence-corrected chi connectivity index (χ3v) is 12.6. The number of carboxylic acid groups (broad SMARTS) is 1. The molecule has 0 heterocycles. The van der Waals surface area contributed by atoms with Gasteiger partial charge >= 0.3 is 17.9 Å². The molecule has 0 amide bonds. The lowest BCUT2D eigenvalue weighted by Crippen LogP contribution is -2.58. The fourth-order valence-corrected chi connectivity index (χ4v) is 10.1. The Kier molecular flexibility index (Phi) is 8.40. The zero-order chi connectivity index (χ0) is 30.7. The summed E-state index contributed by atoms with van der Waals surface area (Å²) in [5.74, 6) is -1.05. The summed E-state index contributed by atoms with van der Waals surface area (Å²) in [6.07, 6.45) is 7.25. The molecule has 9 unspecified atom stereocenters. The quantitative estimate of drug-likeness (QED) is 0.200. The van der Waals surface area contributed by atoms with E-state index in [0.717, 1.165) is 38.5 Å². The summed E-state index contributed by atoms with van der Waals surface area (Å²) in [6.45, 7) is 18.1. The molecule has 2 N–H and O–H groups in total. The predicted octanol–water partition coefficient (Wildman–Crippen LogP) is 6.63. The van der Waals surface area contributed by atoms with E-state index in [2.05, 4.69) is 41.5 Å². The molecule has 0 aromatic carbocycles. The van der Waals surface area contributed by atoms with Crippen LogP contribution in [-0.2, 0) is 23.9 Å². The number of hydrogen-bond donors (Lipinski definition) is 2. The normalized spacial score (nSPS) is 39.6. The van der Waals surface area contributed by atoms with Gasteiger partial charge in [-0.3, -0.25) is 9.59 Å². The first kappa shape index (κ1) is 31.8. The minimum Gasteiger partial charge on any atom is -0.478 e. The number of carboxylic acids is 1. The van der Waals surface area contributed by atoms with E-state index in [0.29, 0.717) is 12.8 Å². The number of fused-ring (bicyclic) bond motifs is 4. The van der Waals surface area contributed by atoms with Crippen LogP contribution in [0.2, 0.25) is 0 Å². The molecule has 0 saturated heterocycles. The van der Waals surface area contributed by atoms with Gasteiger partial charge in [-0.1, -0.05) is 53.2 Å². The number of carbonyl (C=O) groups excluding carboxylic acids is 2. The predicted molar refractivity (Wildman–Crippen MR) is 157 cm³/mol. The average molecular weight is 573 g/mol. The maximum atomic E-state index is 12.1. The van der Waals surface area contributed by atoms with E-state index in [1.807, 2.05) is 0 Å². The molecule has 7 nitrogen and oxygen atoms in total. The molecule has 41 heavy (non-hydrogen) atoms. The van der Waals surface area contributed by atoms with Gasteiger partial charge in [0.15, 0.2) is 0 Å².